The number of ether oxygens (including phenoxy) is 5. The van der Waals surface area contributed by atoms with Crippen molar-refractivity contribution in [2.24, 2.45) is 0 Å². The van der Waals surface area contributed by atoms with Crippen molar-refractivity contribution in [3.63, 3.8) is 0 Å². The van der Waals surface area contributed by atoms with Gasteiger partial charge in [-0.1, -0.05) is 24.3 Å². The van der Waals surface area contributed by atoms with Crippen LogP contribution in [-0.4, -0.2) is 114 Å². The molecule has 4 saturated heterocycles. The van der Waals surface area contributed by atoms with Gasteiger partial charge in [-0.2, -0.15) is 23.1 Å². The van der Waals surface area contributed by atoms with Gasteiger partial charge in [-0.15, -0.1) is 0 Å². The topological polar surface area (TPSA) is 115 Å². The minimum atomic E-state index is -5.14. The average molecular weight is 978 g/mol. The highest BCUT2D eigenvalue weighted by Crippen LogP contribution is 2.49. The summed E-state index contributed by atoms with van der Waals surface area (Å²) in [6.07, 6.45) is -3.83. The van der Waals surface area contributed by atoms with Crippen molar-refractivity contribution in [1.29, 1.82) is 0 Å². The van der Waals surface area contributed by atoms with E-state index in [1.54, 1.807) is 84.0 Å². The fourth-order valence-electron chi connectivity index (χ4n) is 10.8. The normalized spacial score (nSPS) is 21.3. The number of halogens is 6. The molecule has 0 saturated carbocycles. The first-order valence-electron chi connectivity index (χ1n) is 23.4. The summed E-state index contributed by atoms with van der Waals surface area (Å²) in [4.78, 5) is 34.4. The van der Waals surface area contributed by atoms with Crippen LogP contribution in [0.25, 0.3) is 22.0 Å². The van der Waals surface area contributed by atoms with Crippen LogP contribution in [0.3, 0.4) is 0 Å². The van der Waals surface area contributed by atoms with E-state index in [-0.39, 0.29) is 80.9 Å². The second-order valence-electron chi connectivity index (χ2n) is 19.7. The Bertz CT molecular complexity index is 2690. The molecule has 13 nitrogen and oxygen atoms in total. The second kappa shape index (κ2) is 18.8. The molecule has 2 unspecified atom stereocenters. The van der Waals surface area contributed by atoms with Gasteiger partial charge < -0.3 is 33.5 Å². The van der Waals surface area contributed by atoms with E-state index in [9.17, 15) is 9.18 Å². The molecule has 4 fully saturated rings. The van der Waals surface area contributed by atoms with Gasteiger partial charge in [0.25, 0.3) is 0 Å². The summed E-state index contributed by atoms with van der Waals surface area (Å²) < 4.78 is 125. The molecule has 70 heavy (non-hydrogen) atoms. The number of nitrogens with zero attached hydrogens (tertiary/aromatic N) is 7. The molecule has 2 bridgehead atoms. The lowest BCUT2D eigenvalue weighted by atomic mass is 9.95. The zero-order valence-electron chi connectivity index (χ0n) is 40.3. The number of hydrogen-bond donors (Lipinski definition) is 0. The first-order valence-corrected chi connectivity index (χ1v) is 23.4. The number of alkyl halides is 4. The predicted molar refractivity (Wildman–Crippen MR) is 250 cm³/mol. The van der Waals surface area contributed by atoms with Crippen LogP contribution in [-0.2, 0) is 24.0 Å². The fraction of sp³-hybridized carbons (Fsp3) is 0.490. The summed E-state index contributed by atoms with van der Waals surface area (Å²) in [7, 11) is 4.20. The Morgan fingerprint density at radius 1 is 0.843 bits per heavy atom. The van der Waals surface area contributed by atoms with Crippen LogP contribution in [0.5, 0.6) is 23.3 Å². The number of carbonyl (C=O) groups excluding carboxylic acids is 1. The Balaban J connectivity index is 1.21. The van der Waals surface area contributed by atoms with Gasteiger partial charge in [-0.05, 0) is 101 Å². The molecule has 0 aliphatic carbocycles. The Morgan fingerprint density at radius 2 is 1.46 bits per heavy atom. The van der Waals surface area contributed by atoms with E-state index in [0.717, 1.165) is 37.6 Å². The number of rotatable bonds is 13. The van der Waals surface area contributed by atoms with Gasteiger partial charge in [-0.25, -0.2) is 22.9 Å². The molecule has 1 amide bonds. The smallest absolute Gasteiger partial charge is 0.418 e. The Labute approximate surface area is 402 Å². The van der Waals surface area contributed by atoms with Crippen molar-refractivity contribution in [2.45, 2.75) is 108 Å². The van der Waals surface area contributed by atoms with Gasteiger partial charge in [0.05, 0.1) is 61.2 Å². The molecule has 374 valence electrons. The average Bonchev–Trinajstić information content (AvgIpc) is 3.93. The summed E-state index contributed by atoms with van der Waals surface area (Å²) in [5, 5.41) is -0.232. The monoisotopic (exact) mass is 977 g/mol. The summed E-state index contributed by atoms with van der Waals surface area (Å²) in [6, 6.07) is 14.2. The molecular weight excluding hydrogens is 921 g/mol. The highest BCUT2D eigenvalue weighted by atomic mass is 19.4. The third-order valence-electron chi connectivity index (χ3n) is 13.9. The summed E-state index contributed by atoms with van der Waals surface area (Å²) in [5.41, 5.74) is -4.24. The van der Waals surface area contributed by atoms with Gasteiger partial charge >= 0.3 is 18.3 Å². The standard InChI is InChI=1S/C51H57F6N7O6/c1-29-41(51(55,56)57)37(21-38(58-29)61(23-30-9-15-35(66-5)16-10-30)24-31-11-17-36(67-6)18-12-31)39-42(53)44-40(45(68-7)43(39)54)46(60-47(59-44)69-28-50-19-8-20-63(50)25-32(52)22-50)62-26-33-13-14-34(27-62)64(33)48(65)70-49(2,3)4/h9-12,15-18,21,32-34H,8,13-14,19-20,22-28H2,1-7H3/t32-,33?,34?,50+/m1/s1. The lowest BCUT2D eigenvalue weighted by Gasteiger charge is -2.42. The molecule has 19 heteroatoms. The number of anilines is 2. The maximum atomic E-state index is 18.0. The van der Waals surface area contributed by atoms with E-state index < -0.39 is 74.9 Å². The number of pyridine rings is 1. The Hall–Kier alpha value is -6.24. The van der Waals surface area contributed by atoms with Gasteiger partial charge in [0.15, 0.2) is 17.4 Å². The van der Waals surface area contributed by atoms with Crippen molar-refractivity contribution >= 4 is 28.6 Å². The van der Waals surface area contributed by atoms with Crippen molar-refractivity contribution in [3.8, 4) is 34.4 Å². The molecule has 4 aliphatic rings. The third-order valence-corrected chi connectivity index (χ3v) is 13.9. The molecule has 0 spiro atoms. The Morgan fingerprint density at radius 3 is 2.01 bits per heavy atom. The highest BCUT2D eigenvalue weighted by Gasteiger charge is 2.50. The predicted octanol–water partition coefficient (Wildman–Crippen LogP) is 10.1. The number of fused-ring (bicyclic) bond motifs is 4. The number of amides is 1. The number of aromatic nitrogens is 3. The Kier molecular flexibility index (Phi) is 13.1. The van der Waals surface area contributed by atoms with Crippen molar-refractivity contribution < 1.29 is 54.8 Å². The SMILES string of the molecule is COc1ccc(CN(Cc2ccc(OC)cc2)c2cc(-c3c(F)c(OC)c4c(N5CC6CCC(C5)N6C(=O)OC(C)(C)C)nc(OC[C@@]56CCCN5C[C@H](F)C6)nc4c3F)c(C(F)(F)F)c(C)n2)cc1. The van der Waals surface area contributed by atoms with E-state index in [1.807, 2.05) is 4.90 Å². The maximum Gasteiger partial charge on any atom is 0.418 e. The molecule has 0 N–H and O–H groups in total. The van der Waals surface area contributed by atoms with Gasteiger partial charge in [0, 0.05) is 44.7 Å². The molecule has 2 aromatic heterocycles. The van der Waals surface area contributed by atoms with Crippen LogP contribution >= 0.6 is 0 Å². The quantitative estimate of drug-likeness (QED) is 0.105. The lowest BCUT2D eigenvalue weighted by Crippen LogP contribution is -2.57. The van der Waals surface area contributed by atoms with Gasteiger partial charge in [0.1, 0.15) is 47.0 Å². The molecule has 4 atom stereocenters. The molecule has 0 radical (unpaired) electrons. The number of piperazine rings is 1. The number of benzene rings is 3. The van der Waals surface area contributed by atoms with Crippen molar-refractivity contribution in [3.05, 3.63) is 88.6 Å². The number of methoxy groups -OCH3 is 3. The maximum absolute atomic E-state index is 18.0. The second-order valence-corrected chi connectivity index (χ2v) is 19.7. The molecule has 5 aromatic rings. The summed E-state index contributed by atoms with van der Waals surface area (Å²) >= 11 is 0. The minimum Gasteiger partial charge on any atom is -0.497 e. The zero-order valence-corrected chi connectivity index (χ0v) is 40.3. The minimum absolute atomic E-state index is 0.00108. The molecule has 9 rings (SSSR count). The van der Waals surface area contributed by atoms with E-state index >= 15 is 22.0 Å². The first-order chi connectivity index (χ1) is 33.3. The first kappa shape index (κ1) is 48.8. The van der Waals surface area contributed by atoms with Crippen LogP contribution in [0, 0.1) is 18.6 Å². The number of carbonyl (C=O) groups is 1. The molecule has 4 aliphatic heterocycles. The molecule has 3 aromatic carbocycles. The number of hydrogen-bond acceptors (Lipinski definition) is 12. The zero-order chi connectivity index (χ0) is 49.9. The van der Waals surface area contributed by atoms with E-state index in [0.29, 0.717) is 37.3 Å². The van der Waals surface area contributed by atoms with Crippen LogP contribution in [0.4, 0.5) is 42.8 Å². The largest absolute Gasteiger partial charge is 0.497 e. The molecule has 6 heterocycles. The fourth-order valence-corrected chi connectivity index (χ4v) is 10.8. The highest BCUT2D eigenvalue weighted by molar-refractivity contribution is 6.00. The third kappa shape index (κ3) is 9.40. The summed E-state index contributed by atoms with van der Waals surface area (Å²) in [5.74, 6) is -2.23. The van der Waals surface area contributed by atoms with E-state index in [2.05, 4.69) is 9.97 Å². The van der Waals surface area contributed by atoms with Crippen molar-refractivity contribution in [1.82, 2.24) is 24.8 Å². The van der Waals surface area contributed by atoms with E-state index in [1.165, 1.54) is 14.2 Å². The van der Waals surface area contributed by atoms with Crippen LogP contribution in [0.2, 0.25) is 0 Å². The lowest BCUT2D eigenvalue weighted by molar-refractivity contribution is -0.137. The van der Waals surface area contributed by atoms with Crippen molar-refractivity contribution in [2.75, 3.05) is 63.9 Å². The van der Waals surface area contributed by atoms with Crippen LogP contribution in [0.15, 0.2) is 54.6 Å². The molecular formula is C51H57F6N7O6. The van der Waals surface area contributed by atoms with Gasteiger partial charge in [0.2, 0.25) is 0 Å². The number of aryl methyl sites for hydroxylation is 1. The van der Waals surface area contributed by atoms with Gasteiger partial charge in [-0.3, -0.25) is 9.80 Å². The van der Waals surface area contributed by atoms with Crippen LogP contribution < -0.4 is 28.7 Å². The summed E-state index contributed by atoms with van der Waals surface area (Å²) in [6.45, 7) is 7.92. The van der Waals surface area contributed by atoms with E-state index in [4.69, 9.17) is 28.7 Å². The van der Waals surface area contributed by atoms with Crippen LogP contribution in [0.1, 0.15) is 75.3 Å².